The normalized spacial score (nSPS) is 16.5. The van der Waals surface area contributed by atoms with Crippen LogP contribution >= 0.6 is 13.5 Å². The van der Waals surface area contributed by atoms with Gasteiger partial charge in [-0.1, -0.05) is 50.8 Å². The van der Waals surface area contributed by atoms with Gasteiger partial charge < -0.3 is 14.4 Å². The van der Waals surface area contributed by atoms with Gasteiger partial charge in [-0.15, -0.1) is 0 Å². The Morgan fingerprint density at radius 1 is 1.23 bits per heavy atom. The van der Waals surface area contributed by atoms with Gasteiger partial charge in [0.15, 0.2) is 6.71 Å². The van der Waals surface area contributed by atoms with Gasteiger partial charge in [0.05, 0.1) is 19.3 Å². The maximum absolute atomic E-state index is 12.3. The van der Waals surface area contributed by atoms with Crippen LogP contribution in [0.15, 0.2) is 24.3 Å². The largest absolute Gasteiger partial charge is 0.444 e. The van der Waals surface area contributed by atoms with E-state index in [0.29, 0.717) is 19.9 Å². The monoisotopic (exact) mass is 381 g/mol. The Kier molecular flexibility index (Phi) is 10.4. The molecule has 1 amide bonds. The molecule has 0 aliphatic carbocycles. The number of hydrogen-bond acceptors (Lipinski definition) is 3. The number of benzene rings is 1. The first-order chi connectivity index (χ1) is 11.3. The van der Waals surface area contributed by atoms with E-state index in [2.05, 4.69) is 37.9 Å². The third kappa shape index (κ3) is 7.62. The highest BCUT2D eigenvalue weighted by Crippen LogP contribution is 2.21. The van der Waals surface area contributed by atoms with E-state index in [-0.39, 0.29) is 33.1 Å². The van der Waals surface area contributed by atoms with Crippen LogP contribution in [0.2, 0.25) is 13.6 Å². The van der Waals surface area contributed by atoms with Crippen molar-refractivity contribution in [2.45, 2.75) is 72.9 Å². The Hall–Kier alpha value is -1.14. The molecule has 6 heteroatoms. The summed E-state index contributed by atoms with van der Waals surface area (Å²) in [6, 6.07) is 8.68. The highest BCUT2D eigenvalue weighted by Gasteiger charge is 2.32. The highest BCUT2D eigenvalue weighted by molar-refractivity contribution is 7.59. The van der Waals surface area contributed by atoms with Crippen LogP contribution in [0.25, 0.3) is 0 Å². The van der Waals surface area contributed by atoms with Gasteiger partial charge in [0.1, 0.15) is 5.60 Å². The number of likely N-dealkylation sites (tertiary alicyclic amines) is 1. The van der Waals surface area contributed by atoms with E-state index in [0.717, 1.165) is 19.4 Å². The minimum Gasteiger partial charge on any atom is -0.444 e. The molecule has 0 N–H and O–H groups in total. The standard InChI is InChI=1S/C19H30BNO3.CH4.H2S/c1-19(2,3)24-18(22)21-12-6-7-17(21)14-23-13-15-8-10-16(11-9-15)20(4)5;;/h8-11,17H,6-7,12-14H2,1-5H3;1H4;1H2/t17-;;/m0../s1. The first-order valence-corrected chi connectivity index (χ1v) is 8.92. The van der Waals surface area contributed by atoms with Gasteiger partial charge in [-0.3, -0.25) is 0 Å². The molecule has 26 heavy (non-hydrogen) atoms. The van der Waals surface area contributed by atoms with Crippen LogP contribution in [0.5, 0.6) is 0 Å². The quantitative estimate of drug-likeness (QED) is 0.714. The summed E-state index contributed by atoms with van der Waals surface area (Å²) >= 11 is 0. The van der Waals surface area contributed by atoms with Gasteiger partial charge in [0.2, 0.25) is 0 Å². The molecule has 1 aliphatic heterocycles. The third-order valence-corrected chi connectivity index (χ3v) is 4.23. The summed E-state index contributed by atoms with van der Waals surface area (Å²) in [5, 5.41) is 0. The zero-order valence-corrected chi connectivity index (χ0v) is 17.2. The second-order valence-electron chi connectivity index (χ2n) is 7.88. The van der Waals surface area contributed by atoms with E-state index in [4.69, 9.17) is 9.47 Å². The predicted molar refractivity (Wildman–Crippen MR) is 116 cm³/mol. The molecule has 1 heterocycles. The Labute approximate surface area is 167 Å². The molecule has 0 bridgehead atoms. The zero-order chi connectivity index (χ0) is 17.7. The van der Waals surface area contributed by atoms with Crippen molar-refractivity contribution >= 4 is 31.8 Å². The van der Waals surface area contributed by atoms with Crippen molar-refractivity contribution in [3.8, 4) is 0 Å². The average Bonchev–Trinajstić information content (AvgIpc) is 2.94. The summed E-state index contributed by atoms with van der Waals surface area (Å²) in [5.41, 5.74) is 2.05. The van der Waals surface area contributed by atoms with Crippen LogP contribution in [0, 0.1) is 0 Å². The van der Waals surface area contributed by atoms with E-state index < -0.39 is 5.60 Å². The van der Waals surface area contributed by atoms with Crippen molar-refractivity contribution in [1.82, 2.24) is 4.90 Å². The number of nitrogens with zero attached hydrogens (tertiary/aromatic N) is 1. The third-order valence-electron chi connectivity index (χ3n) is 4.23. The van der Waals surface area contributed by atoms with Crippen LogP contribution in [-0.4, -0.2) is 42.5 Å². The first kappa shape index (κ1) is 24.9. The summed E-state index contributed by atoms with van der Waals surface area (Å²) in [6.07, 6.45) is 1.76. The Balaban J connectivity index is 0.00000312. The molecule has 1 aromatic carbocycles. The van der Waals surface area contributed by atoms with E-state index in [1.165, 1.54) is 11.0 Å². The van der Waals surface area contributed by atoms with Gasteiger partial charge in [-0.25, -0.2) is 4.79 Å². The lowest BCUT2D eigenvalue weighted by molar-refractivity contribution is 0.00883. The molecule has 1 aliphatic rings. The van der Waals surface area contributed by atoms with Crippen LogP contribution in [0.3, 0.4) is 0 Å². The molecule has 148 valence electrons. The van der Waals surface area contributed by atoms with Crippen LogP contribution in [0.1, 0.15) is 46.6 Å². The molecule has 0 aromatic heterocycles. The number of hydrogen-bond donors (Lipinski definition) is 0. The van der Waals surface area contributed by atoms with Gasteiger partial charge in [-0.2, -0.15) is 13.5 Å². The summed E-state index contributed by atoms with van der Waals surface area (Å²) < 4.78 is 11.3. The van der Waals surface area contributed by atoms with Crippen LogP contribution in [0.4, 0.5) is 4.79 Å². The molecule has 1 atom stereocenters. The van der Waals surface area contributed by atoms with Crippen molar-refractivity contribution in [2.75, 3.05) is 13.2 Å². The molecular formula is C20H36BNO3S. The first-order valence-electron chi connectivity index (χ1n) is 8.92. The SMILES string of the molecule is C.CB(C)c1ccc(COC[C@@H]2CCCN2C(=O)OC(C)(C)C)cc1.S. The molecule has 1 saturated heterocycles. The fraction of sp³-hybridized carbons (Fsp3) is 0.650. The Bertz CT molecular complexity index is 543. The predicted octanol–water partition coefficient (Wildman–Crippen LogP) is 4.31. The average molecular weight is 381 g/mol. The maximum atomic E-state index is 12.3. The lowest BCUT2D eigenvalue weighted by Crippen LogP contribution is -2.41. The minimum atomic E-state index is -0.455. The second-order valence-corrected chi connectivity index (χ2v) is 7.88. The van der Waals surface area contributed by atoms with Crippen molar-refractivity contribution in [3.63, 3.8) is 0 Å². The Morgan fingerprint density at radius 3 is 2.38 bits per heavy atom. The van der Waals surface area contributed by atoms with Crippen LogP contribution < -0.4 is 5.46 Å². The number of rotatable bonds is 5. The van der Waals surface area contributed by atoms with Crippen molar-refractivity contribution in [2.24, 2.45) is 0 Å². The minimum absolute atomic E-state index is 0. The van der Waals surface area contributed by atoms with Crippen LogP contribution in [-0.2, 0) is 16.1 Å². The van der Waals surface area contributed by atoms with E-state index in [1.54, 1.807) is 0 Å². The molecular weight excluding hydrogens is 345 g/mol. The molecule has 0 saturated carbocycles. The molecule has 0 radical (unpaired) electrons. The number of ether oxygens (including phenoxy) is 2. The van der Waals surface area contributed by atoms with E-state index >= 15 is 0 Å². The van der Waals surface area contributed by atoms with Crippen molar-refractivity contribution < 1.29 is 14.3 Å². The lowest BCUT2D eigenvalue weighted by atomic mass is 9.49. The maximum Gasteiger partial charge on any atom is 0.410 e. The smallest absolute Gasteiger partial charge is 0.410 e. The van der Waals surface area contributed by atoms with Gasteiger partial charge in [0, 0.05) is 6.54 Å². The number of carbonyl (C=O) groups is 1. The molecule has 1 fully saturated rings. The molecule has 0 spiro atoms. The van der Waals surface area contributed by atoms with Gasteiger partial charge in [-0.05, 0) is 39.2 Å². The van der Waals surface area contributed by atoms with Gasteiger partial charge in [0.25, 0.3) is 0 Å². The summed E-state index contributed by atoms with van der Waals surface area (Å²) in [7, 11) is 0. The fourth-order valence-electron chi connectivity index (χ4n) is 2.88. The topological polar surface area (TPSA) is 38.8 Å². The van der Waals surface area contributed by atoms with E-state index in [1.807, 2.05) is 25.7 Å². The number of amides is 1. The summed E-state index contributed by atoms with van der Waals surface area (Å²) in [6.45, 7) is 12.5. The lowest BCUT2D eigenvalue weighted by Gasteiger charge is -2.28. The molecule has 0 unspecified atom stereocenters. The summed E-state index contributed by atoms with van der Waals surface area (Å²) in [5.74, 6) is 0. The van der Waals surface area contributed by atoms with Crippen molar-refractivity contribution in [3.05, 3.63) is 29.8 Å². The zero-order valence-electron chi connectivity index (χ0n) is 16.2. The summed E-state index contributed by atoms with van der Waals surface area (Å²) in [4.78, 5) is 14.1. The molecule has 2 rings (SSSR count). The number of carbonyl (C=O) groups excluding carboxylic acids is 1. The highest BCUT2D eigenvalue weighted by atomic mass is 32.1. The Morgan fingerprint density at radius 2 is 1.85 bits per heavy atom. The van der Waals surface area contributed by atoms with E-state index in [9.17, 15) is 4.79 Å². The van der Waals surface area contributed by atoms with Crippen molar-refractivity contribution in [1.29, 1.82) is 0 Å². The molecule has 1 aromatic rings. The fourth-order valence-corrected chi connectivity index (χ4v) is 2.88. The molecule has 4 nitrogen and oxygen atoms in total. The second kappa shape index (κ2) is 10.9. The van der Waals surface area contributed by atoms with Gasteiger partial charge >= 0.3 is 6.09 Å².